The Hall–Kier alpha value is -1.95. The van der Waals surface area contributed by atoms with E-state index in [2.05, 4.69) is 5.32 Å². The van der Waals surface area contributed by atoms with Crippen LogP contribution in [-0.4, -0.2) is 54.3 Å². The van der Waals surface area contributed by atoms with Crippen molar-refractivity contribution in [2.24, 2.45) is 5.92 Å². The van der Waals surface area contributed by atoms with Gasteiger partial charge in [0.2, 0.25) is 11.8 Å². The maximum absolute atomic E-state index is 13.6. The van der Waals surface area contributed by atoms with Crippen molar-refractivity contribution < 1.29 is 14.0 Å². The molecule has 0 unspecified atom stereocenters. The second-order valence-corrected chi connectivity index (χ2v) is 6.96. The lowest BCUT2D eigenvalue weighted by atomic mass is 9.94. The van der Waals surface area contributed by atoms with Crippen LogP contribution in [0.25, 0.3) is 0 Å². The Bertz CT molecular complexity index is 608. The minimum atomic E-state index is -0.429. The number of carbonyl (C=O) groups excluding carboxylic acids is 2. The highest BCUT2D eigenvalue weighted by Crippen LogP contribution is 2.22. The van der Waals surface area contributed by atoms with Crippen molar-refractivity contribution in [3.8, 4) is 0 Å². The molecular formula is C19H26FN3O2. The van der Waals surface area contributed by atoms with Crippen molar-refractivity contribution in [1.29, 1.82) is 0 Å². The van der Waals surface area contributed by atoms with Gasteiger partial charge in [0.25, 0.3) is 0 Å². The first-order valence-corrected chi connectivity index (χ1v) is 9.19. The Kier molecular flexibility index (Phi) is 6.02. The fourth-order valence-corrected chi connectivity index (χ4v) is 3.67. The summed E-state index contributed by atoms with van der Waals surface area (Å²) < 4.78 is 13.6. The van der Waals surface area contributed by atoms with Gasteiger partial charge in [-0.05, 0) is 57.3 Å². The third-order valence-corrected chi connectivity index (χ3v) is 5.12. The molecule has 2 amide bonds. The molecule has 2 heterocycles. The quantitative estimate of drug-likeness (QED) is 0.910. The summed E-state index contributed by atoms with van der Waals surface area (Å²) in [4.78, 5) is 28.7. The minimum absolute atomic E-state index is 0.0870. The minimum Gasteiger partial charge on any atom is -0.342 e. The molecule has 2 aliphatic rings. The molecule has 2 saturated heterocycles. The predicted octanol–water partition coefficient (Wildman–Crippen LogP) is 2.49. The number of halogens is 1. The number of anilines is 1. The standard InChI is InChI=1S/C19H26FN3O2/c20-16-6-2-3-7-17(16)21-18(24)14-22-12-8-15(9-13-22)19(25)23-10-4-1-5-11-23/h2-3,6-7,15H,1,4-5,8-14H2,(H,21,24). The molecule has 0 atom stereocenters. The number of para-hydroxylation sites is 1. The number of likely N-dealkylation sites (tertiary alicyclic amines) is 2. The van der Waals surface area contributed by atoms with Crippen molar-refractivity contribution in [1.82, 2.24) is 9.80 Å². The number of benzene rings is 1. The summed E-state index contributed by atoms with van der Waals surface area (Å²) in [5, 5.41) is 2.61. The Morgan fingerprint density at radius 3 is 2.40 bits per heavy atom. The second-order valence-electron chi connectivity index (χ2n) is 6.96. The molecule has 0 bridgehead atoms. The van der Waals surface area contributed by atoms with Gasteiger partial charge in [-0.25, -0.2) is 4.39 Å². The van der Waals surface area contributed by atoms with Crippen LogP contribution < -0.4 is 5.32 Å². The zero-order valence-electron chi connectivity index (χ0n) is 14.5. The van der Waals surface area contributed by atoms with E-state index in [4.69, 9.17) is 0 Å². The van der Waals surface area contributed by atoms with Gasteiger partial charge in [-0.3, -0.25) is 14.5 Å². The van der Waals surface area contributed by atoms with Crippen molar-refractivity contribution >= 4 is 17.5 Å². The number of hydrogen-bond acceptors (Lipinski definition) is 3. The van der Waals surface area contributed by atoms with E-state index in [1.165, 1.54) is 12.5 Å². The van der Waals surface area contributed by atoms with Crippen LogP contribution in [0.2, 0.25) is 0 Å². The maximum atomic E-state index is 13.6. The Morgan fingerprint density at radius 2 is 1.72 bits per heavy atom. The number of amides is 2. The lowest BCUT2D eigenvalue weighted by Gasteiger charge is -2.35. The molecule has 5 nitrogen and oxygen atoms in total. The molecule has 1 aromatic carbocycles. The van der Waals surface area contributed by atoms with Gasteiger partial charge >= 0.3 is 0 Å². The van der Waals surface area contributed by atoms with Crippen molar-refractivity contribution in [2.45, 2.75) is 32.1 Å². The molecular weight excluding hydrogens is 321 g/mol. The van der Waals surface area contributed by atoms with Gasteiger partial charge in [0.15, 0.2) is 0 Å². The highest BCUT2D eigenvalue weighted by Gasteiger charge is 2.29. The SMILES string of the molecule is O=C(CN1CCC(C(=O)N2CCCCC2)CC1)Nc1ccccc1F. The van der Waals surface area contributed by atoms with E-state index in [1.807, 2.05) is 9.80 Å². The van der Waals surface area contributed by atoms with E-state index < -0.39 is 5.82 Å². The number of rotatable bonds is 4. The van der Waals surface area contributed by atoms with Crippen molar-refractivity contribution in [3.63, 3.8) is 0 Å². The fourth-order valence-electron chi connectivity index (χ4n) is 3.67. The largest absolute Gasteiger partial charge is 0.342 e. The zero-order valence-corrected chi connectivity index (χ0v) is 14.5. The van der Waals surface area contributed by atoms with Crippen LogP contribution in [0.1, 0.15) is 32.1 Å². The summed E-state index contributed by atoms with van der Waals surface area (Å²) in [5.74, 6) is -0.272. The first-order chi connectivity index (χ1) is 12.1. The van der Waals surface area contributed by atoms with Gasteiger partial charge in [0.1, 0.15) is 5.82 Å². The summed E-state index contributed by atoms with van der Waals surface area (Å²) in [6, 6.07) is 6.16. The molecule has 0 aromatic heterocycles. The fraction of sp³-hybridized carbons (Fsp3) is 0.579. The third-order valence-electron chi connectivity index (χ3n) is 5.12. The average molecular weight is 347 g/mol. The van der Waals surface area contributed by atoms with Gasteiger partial charge in [0.05, 0.1) is 12.2 Å². The first kappa shape index (κ1) is 17.9. The third kappa shape index (κ3) is 4.78. The van der Waals surface area contributed by atoms with Gasteiger partial charge in [-0.2, -0.15) is 0 Å². The van der Waals surface area contributed by atoms with Crippen LogP contribution in [0, 0.1) is 11.7 Å². The van der Waals surface area contributed by atoms with E-state index in [-0.39, 0.29) is 30.0 Å². The molecule has 2 aliphatic heterocycles. The Labute approximate surface area is 148 Å². The number of carbonyl (C=O) groups is 2. The topological polar surface area (TPSA) is 52.7 Å². The molecule has 0 spiro atoms. The summed E-state index contributed by atoms with van der Waals surface area (Å²) in [6.45, 7) is 3.48. The Morgan fingerprint density at radius 1 is 1.04 bits per heavy atom. The van der Waals surface area contributed by atoms with Gasteiger partial charge in [0, 0.05) is 19.0 Å². The van der Waals surface area contributed by atoms with E-state index >= 15 is 0 Å². The second kappa shape index (κ2) is 8.43. The van der Waals surface area contributed by atoms with Crippen molar-refractivity contribution in [2.75, 3.05) is 38.0 Å². The molecule has 2 fully saturated rings. The van der Waals surface area contributed by atoms with E-state index in [0.717, 1.165) is 51.9 Å². The molecule has 6 heteroatoms. The molecule has 3 rings (SSSR count). The molecule has 0 saturated carbocycles. The van der Waals surface area contributed by atoms with Gasteiger partial charge in [-0.1, -0.05) is 12.1 Å². The summed E-state index contributed by atoms with van der Waals surface area (Å²) in [5.41, 5.74) is 0.211. The summed E-state index contributed by atoms with van der Waals surface area (Å²) in [7, 11) is 0. The van der Waals surface area contributed by atoms with Crippen LogP contribution >= 0.6 is 0 Å². The molecule has 0 aliphatic carbocycles. The smallest absolute Gasteiger partial charge is 0.238 e. The summed E-state index contributed by atoms with van der Waals surface area (Å²) in [6.07, 6.45) is 5.03. The molecule has 25 heavy (non-hydrogen) atoms. The van der Waals surface area contributed by atoms with E-state index in [0.29, 0.717) is 0 Å². The predicted molar refractivity (Wildman–Crippen MR) is 94.6 cm³/mol. The number of piperidine rings is 2. The Balaban J connectivity index is 1.43. The van der Waals surface area contributed by atoms with Crippen LogP contribution in [0.5, 0.6) is 0 Å². The first-order valence-electron chi connectivity index (χ1n) is 9.19. The van der Waals surface area contributed by atoms with E-state index in [1.54, 1.807) is 18.2 Å². The lowest BCUT2D eigenvalue weighted by Crippen LogP contribution is -2.45. The number of hydrogen-bond donors (Lipinski definition) is 1. The lowest BCUT2D eigenvalue weighted by molar-refractivity contribution is -0.138. The number of nitrogens with zero attached hydrogens (tertiary/aromatic N) is 2. The molecule has 1 aromatic rings. The highest BCUT2D eigenvalue weighted by molar-refractivity contribution is 5.92. The molecule has 136 valence electrons. The monoisotopic (exact) mass is 347 g/mol. The maximum Gasteiger partial charge on any atom is 0.238 e. The molecule has 1 N–H and O–H groups in total. The zero-order chi connectivity index (χ0) is 17.6. The molecule has 0 radical (unpaired) electrons. The average Bonchev–Trinajstić information content (AvgIpc) is 2.64. The van der Waals surface area contributed by atoms with E-state index in [9.17, 15) is 14.0 Å². The van der Waals surface area contributed by atoms with Gasteiger partial charge < -0.3 is 10.2 Å². The summed E-state index contributed by atoms with van der Waals surface area (Å²) >= 11 is 0. The van der Waals surface area contributed by atoms with Crippen LogP contribution in [0.15, 0.2) is 24.3 Å². The normalized spacial score (nSPS) is 19.6. The number of nitrogens with one attached hydrogen (secondary N) is 1. The van der Waals surface area contributed by atoms with Gasteiger partial charge in [-0.15, -0.1) is 0 Å². The van der Waals surface area contributed by atoms with Crippen molar-refractivity contribution in [3.05, 3.63) is 30.1 Å². The van der Waals surface area contributed by atoms with Crippen LogP contribution in [-0.2, 0) is 9.59 Å². The van der Waals surface area contributed by atoms with Crippen LogP contribution in [0.3, 0.4) is 0 Å². The van der Waals surface area contributed by atoms with Crippen LogP contribution in [0.4, 0.5) is 10.1 Å². The highest BCUT2D eigenvalue weighted by atomic mass is 19.1.